The average molecular weight is 382 g/mol. The zero-order valence-electron chi connectivity index (χ0n) is 13.5. The van der Waals surface area contributed by atoms with E-state index in [0.29, 0.717) is 26.9 Å². The third-order valence-corrected chi connectivity index (χ3v) is 4.89. The normalized spacial score (nSPS) is 11.0. The molecular formula is C21H13Cl2NO2. The summed E-state index contributed by atoms with van der Waals surface area (Å²) >= 11 is 12.6. The summed E-state index contributed by atoms with van der Waals surface area (Å²) in [6.07, 6.45) is 1.81. The first-order chi connectivity index (χ1) is 12.6. The topological polar surface area (TPSA) is 41.7 Å². The Kier molecular flexibility index (Phi) is 4.19. The predicted molar refractivity (Wildman–Crippen MR) is 104 cm³/mol. The molecule has 0 spiro atoms. The second-order valence-corrected chi connectivity index (χ2v) is 6.69. The van der Waals surface area contributed by atoms with Crippen molar-refractivity contribution in [3.8, 4) is 16.9 Å². The van der Waals surface area contributed by atoms with E-state index in [0.717, 1.165) is 11.1 Å². The van der Waals surface area contributed by atoms with Crippen LogP contribution in [0, 0.1) is 0 Å². The molecule has 128 valence electrons. The molecule has 2 heterocycles. The number of fused-ring (bicyclic) bond motifs is 1. The van der Waals surface area contributed by atoms with Crippen molar-refractivity contribution in [3.63, 3.8) is 0 Å². The Bertz CT molecular complexity index is 1110. The van der Waals surface area contributed by atoms with Gasteiger partial charge in [-0.2, -0.15) is 0 Å². The van der Waals surface area contributed by atoms with E-state index in [-0.39, 0.29) is 11.5 Å². The van der Waals surface area contributed by atoms with Gasteiger partial charge in [-0.25, -0.2) is 0 Å². The lowest BCUT2D eigenvalue weighted by molar-refractivity contribution is 0.103. The van der Waals surface area contributed by atoms with Crippen molar-refractivity contribution < 1.29 is 9.90 Å². The van der Waals surface area contributed by atoms with E-state index in [9.17, 15) is 9.90 Å². The summed E-state index contributed by atoms with van der Waals surface area (Å²) in [7, 11) is 0. The molecule has 0 unspecified atom stereocenters. The first-order valence-corrected chi connectivity index (χ1v) is 8.70. The van der Waals surface area contributed by atoms with Gasteiger partial charge in [0.15, 0.2) is 0 Å². The molecule has 26 heavy (non-hydrogen) atoms. The number of phenolic OH excluding ortho intramolecular Hbond substituents is 1. The molecule has 0 radical (unpaired) electrons. The van der Waals surface area contributed by atoms with E-state index in [1.54, 1.807) is 28.7 Å². The van der Waals surface area contributed by atoms with Gasteiger partial charge in [0.1, 0.15) is 11.4 Å². The quantitative estimate of drug-likeness (QED) is 0.452. The van der Waals surface area contributed by atoms with Gasteiger partial charge in [0.25, 0.3) is 0 Å². The lowest BCUT2D eigenvalue weighted by atomic mass is 10.00. The summed E-state index contributed by atoms with van der Waals surface area (Å²) in [4.78, 5) is 13.3. The summed E-state index contributed by atoms with van der Waals surface area (Å²) in [5, 5.41) is 10.6. The van der Waals surface area contributed by atoms with Crippen molar-refractivity contribution in [1.29, 1.82) is 0 Å². The molecule has 0 bridgehead atoms. The molecule has 4 aromatic rings. The van der Waals surface area contributed by atoms with Crippen molar-refractivity contribution in [2.45, 2.75) is 0 Å². The number of nitrogens with zero attached hydrogens (tertiary/aromatic N) is 1. The summed E-state index contributed by atoms with van der Waals surface area (Å²) in [6.45, 7) is 0. The standard InChI is InChI=1S/C21H13Cl2NO2/c22-15-8-4-13(5-9-15)18-19(23)17-3-1-2-12-24(17)20(18)21(26)14-6-10-16(25)11-7-14/h1-12,25H. The Balaban J connectivity index is 2.00. The first kappa shape index (κ1) is 16.7. The molecule has 0 aliphatic carbocycles. The zero-order chi connectivity index (χ0) is 18.3. The van der Waals surface area contributed by atoms with Crippen molar-refractivity contribution in [2.24, 2.45) is 0 Å². The summed E-state index contributed by atoms with van der Waals surface area (Å²) in [5.41, 5.74) is 3.16. The Hall–Kier alpha value is -2.75. The van der Waals surface area contributed by atoms with Crippen molar-refractivity contribution in [1.82, 2.24) is 4.40 Å². The molecule has 2 aromatic heterocycles. The van der Waals surface area contributed by atoms with E-state index in [4.69, 9.17) is 23.2 Å². The largest absolute Gasteiger partial charge is 0.508 e. The fraction of sp³-hybridized carbons (Fsp3) is 0. The Morgan fingerprint density at radius 1 is 0.885 bits per heavy atom. The number of aromatic nitrogens is 1. The molecule has 0 aliphatic rings. The molecular weight excluding hydrogens is 369 g/mol. The van der Waals surface area contributed by atoms with Gasteiger partial charge in [-0.05, 0) is 54.1 Å². The highest BCUT2D eigenvalue weighted by atomic mass is 35.5. The average Bonchev–Trinajstić information content (AvgIpc) is 2.95. The van der Waals surface area contributed by atoms with Crippen LogP contribution in [0.15, 0.2) is 72.9 Å². The number of benzene rings is 2. The van der Waals surface area contributed by atoms with Gasteiger partial charge in [0.05, 0.1) is 10.5 Å². The van der Waals surface area contributed by atoms with Crippen molar-refractivity contribution in [2.75, 3.05) is 0 Å². The molecule has 5 heteroatoms. The number of halogens is 2. The second kappa shape index (κ2) is 6.52. The first-order valence-electron chi connectivity index (χ1n) is 7.94. The van der Waals surface area contributed by atoms with E-state index in [1.165, 1.54) is 12.1 Å². The van der Waals surface area contributed by atoms with Crippen LogP contribution in [0.3, 0.4) is 0 Å². The Morgan fingerprint density at radius 2 is 1.58 bits per heavy atom. The van der Waals surface area contributed by atoms with Crippen LogP contribution in [0.4, 0.5) is 0 Å². The molecule has 1 N–H and O–H groups in total. The lowest BCUT2D eigenvalue weighted by Gasteiger charge is -2.07. The minimum absolute atomic E-state index is 0.109. The third kappa shape index (κ3) is 2.75. The molecule has 0 aliphatic heterocycles. The minimum Gasteiger partial charge on any atom is -0.508 e. The molecule has 0 saturated heterocycles. The van der Waals surface area contributed by atoms with Crippen LogP contribution < -0.4 is 0 Å². The van der Waals surface area contributed by atoms with Gasteiger partial charge in [0, 0.05) is 22.3 Å². The molecule has 3 nitrogen and oxygen atoms in total. The monoisotopic (exact) mass is 381 g/mol. The molecule has 0 saturated carbocycles. The van der Waals surface area contributed by atoms with E-state index < -0.39 is 0 Å². The van der Waals surface area contributed by atoms with Crippen LogP contribution in [0.2, 0.25) is 10.0 Å². The number of phenols is 1. The minimum atomic E-state index is -0.178. The van der Waals surface area contributed by atoms with E-state index in [2.05, 4.69) is 0 Å². The number of aromatic hydroxyl groups is 1. The van der Waals surface area contributed by atoms with Crippen LogP contribution in [-0.2, 0) is 0 Å². The number of ketones is 1. The number of pyridine rings is 1. The molecule has 4 rings (SSSR count). The maximum atomic E-state index is 13.3. The number of hydrogen-bond donors (Lipinski definition) is 1. The summed E-state index contributed by atoms with van der Waals surface area (Å²) in [5.74, 6) is -0.0689. The second-order valence-electron chi connectivity index (χ2n) is 5.88. The SMILES string of the molecule is O=C(c1ccc(O)cc1)c1c(-c2ccc(Cl)cc2)c(Cl)c2ccccn12. The number of hydrogen-bond acceptors (Lipinski definition) is 2. The lowest BCUT2D eigenvalue weighted by Crippen LogP contribution is -2.06. The number of carbonyl (C=O) groups is 1. The van der Waals surface area contributed by atoms with Gasteiger partial charge < -0.3 is 9.51 Å². The highest BCUT2D eigenvalue weighted by Gasteiger charge is 2.24. The summed E-state index contributed by atoms with van der Waals surface area (Å²) < 4.78 is 1.79. The van der Waals surface area contributed by atoms with Gasteiger partial charge >= 0.3 is 0 Å². The predicted octanol–water partition coefficient (Wildman–Crippen LogP) is 5.85. The molecule has 2 aromatic carbocycles. The maximum Gasteiger partial charge on any atom is 0.210 e. The van der Waals surface area contributed by atoms with Crippen LogP contribution in [0.25, 0.3) is 16.6 Å². The molecule has 0 atom stereocenters. The highest BCUT2D eigenvalue weighted by Crippen LogP contribution is 2.38. The number of rotatable bonds is 3. The van der Waals surface area contributed by atoms with Crippen molar-refractivity contribution in [3.05, 3.63) is 94.2 Å². The van der Waals surface area contributed by atoms with Gasteiger partial charge in [-0.1, -0.05) is 41.4 Å². The van der Waals surface area contributed by atoms with E-state index >= 15 is 0 Å². The van der Waals surface area contributed by atoms with Gasteiger partial charge in [-0.15, -0.1) is 0 Å². The molecule has 0 fully saturated rings. The maximum absolute atomic E-state index is 13.3. The third-order valence-electron chi connectivity index (χ3n) is 4.26. The Labute approximate surface area is 160 Å². The highest BCUT2D eigenvalue weighted by molar-refractivity contribution is 6.38. The zero-order valence-corrected chi connectivity index (χ0v) is 15.0. The fourth-order valence-electron chi connectivity index (χ4n) is 3.02. The van der Waals surface area contributed by atoms with Crippen LogP contribution in [0.1, 0.15) is 16.1 Å². The Morgan fingerprint density at radius 3 is 2.27 bits per heavy atom. The van der Waals surface area contributed by atoms with Crippen LogP contribution in [0.5, 0.6) is 5.75 Å². The molecule has 0 amide bonds. The fourth-order valence-corrected chi connectivity index (χ4v) is 3.50. The van der Waals surface area contributed by atoms with E-state index in [1.807, 2.05) is 36.5 Å². The number of carbonyl (C=O) groups excluding carboxylic acids is 1. The van der Waals surface area contributed by atoms with Crippen molar-refractivity contribution >= 4 is 34.5 Å². The smallest absolute Gasteiger partial charge is 0.210 e. The van der Waals surface area contributed by atoms with Gasteiger partial charge in [-0.3, -0.25) is 4.79 Å². The summed E-state index contributed by atoms with van der Waals surface area (Å²) in [6, 6.07) is 19.0. The van der Waals surface area contributed by atoms with Crippen LogP contribution >= 0.6 is 23.2 Å². The van der Waals surface area contributed by atoms with Crippen LogP contribution in [-0.4, -0.2) is 15.3 Å². The van der Waals surface area contributed by atoms with Gasteiger partial charge in [0.2, 0.25) is 5.78 Å².